The Morgan fingerprint density at radius 3 is 2.52 bits per heavy atom. The number of para-hydroxylation sites is 2. The van der Waals surface area contributed by atoms with E-state index in [2.05, 4.69) is 20.7 Å². The molecule has 2 N–H and O–H groups in total. The predicted octanol–water partition coefficient (Wildman–Crippen LogP) is 1.91. The highest BCUT2D eigenvalue weighted by Gasteiger charge is 2.17. The number of nitrogens with zero attached hydrogens (tertiary/aromatic N) is 3. The van der Waals surface area contributed by atoms with E-state index >= 15 is 0 Å². The first-order chi connectivity index (χ1) is 11.1. The van der Waals surface area contributed by atoms with Crippen LogP contribution in [0.4, 0.5) is 5.69 Å². The lowest BCUT2D eigenvalue weighted by Crippen LogP contribution is -2.24. The maximum absolute atomic E-state index is 12.6. The van der Waals surface area contributed by atoms with Crippen LogP contribution in [0.1, 0.15) is 20.7 Å². The first-order valence-electron chi connectivity index (χ1n) is 6.99. The van der Waals surface area contributed by atoms with Crippen molar-refractivity contribution in [2.24, 2.45) is 0 Å². The Labute approximate surface area is 132 Å². The molecule has 0 aliphatic heterocycles. The summed E-state index contributed by atoms with van der Waals surface area (Å²) in [5.74, 6) is -0.524. The minimum atomic E-state index is -0.344. The van der Waals surface area contributed by atoms with Crippen molar-refractivity contribution in [1.82, 2.24) is 20.3 Å². The van der Waals surface area contributed by atoms with Gasteiger partial charge in [-0.1, -0.05) is 18.2 Å². The fourth-order valence-corrected chi connectivity index (χ4v) is 2.26. The molecule has 0 atom stereocenters. The molecule has 0 spiro atoms. The van der Waals surface area contributed by atoms with E-state index in [1.54, 1.807) is 56.6 Å². The first-order valence-corrected chi connectivity index (χ1v) is 6.99. The zero-order valence-corrected chi connectivity index (χ0v) is 12.7. The molecular weight excluding hydrogens is 294 g/mol. The second-order valence-electron chi connectivity index (χ2n) is 5.20. The zero-order valence-electron chi connectivity index (χ0n) is 12.7. The minimum Gasteiger partial charge on any atom is -0.345 e. The summed E-state index contributed by atoms with van der Waals surface area (Å²) >= 11 is 0. The smallest absolute Gasteiger partial charge is 0.258 e. The number of hydrogen-bond donors (Lipinski definition) is 2. The maximum atomic E-state index is 12.6. The highest BCUT2D eigenvalue weighted by Crippen LogP contribution is 2.20. The molecule has 7 nitrogen and oxygen atoms in total. The van der Waals surface area contributed by atoms with Crippen LogP contribution in [0.15, 0.2) is 42.5 Å². The molecular formula is C16H15N5O2. The average Bonchev–Trinajstić information content (AvgIpc) is 3.03. The fraction of sp³-hybridized carbons (Fsp3) is 0.125. The topological polar surface area (TPSA) is 91.0 Å². The Bertz CT molecular complexity index is 885. The van der Waals surface area contributed by atoms with Crippen molar-refractivity contribution < 1.29 is 9.59 Å². The molecule has 1 heterocycles. The normalized spacial score (nSPS) is 10.5. The Morgan fingerprint density at radius 1 is 1.00 bits per heavy atom. The molecule has 1 aromatic heterocycles. The largest absolute Gasteiger partial charge is 0.345 e. The van der Waals surface area contributed by atoms with Gasteiger partial charge in [-0.05, 0) is 24.3 Å². The summed E-state index contributed by atoms with van der Waals surface area (Å²) in [7, 11) is 3.33. The van der Waals surface area contributed by atoms with Gasteiger partial charge >= 0.3 is 0 Å². The quantitative estimate of drug-likeness (QED) is 0.773. The number of carbonyl (C=O) groups is 2. The Hall–Kier alpha value is -3.22. The van der Waals surface area contributed by atoms with Crippen LogP contribution in [-0.4, -0.2) is 46.2 Å². The number of rotatable bonds is 3. The van der Waals surface area contributed by atoms with Gasteiger partial charge in [0.1, 0.15) is 11.0 Å². The number of aromatic nitrogens is 3. The number of H-pyrrole nitrogens is 1. The molecule has 0 saturated heterocycles. The standard InChI is InChI=1S/C16H15N5O2/c1-21(2)16(23)10-6-3-4-8-12(10)17-15(22)11-7-5-9-13-14(11)19-20-18-13/h3-9H,1-2H3,(H,17,22)(H,18,19,20). The SMILES string of the molecule is CN(C)C(=O)c1ccccc1NC(=O)c1cccc2n[nH]nc12. The lowest BCUT2D eigenvalue weighted by Gasteiger charge is -2.14. The second-order valence-corrected chi connectivity index (χ2v) is 5.20. The van der Waals surface area contributed by atoms with Gasteiger partial charge in [-0.15, -0.1) is 0 Å². The minimum absolute atomic E-state index is 0.180. The van der Waals surface area contributed by atoms with Crippen molar-refractivity contribution in [2.75, 3.05) is 19.4 Å². The van der Waals surface area contributed by atoms with Crippen LogP contribution in [0.25, 0.3) is 11.0 Å². The number of nitrogens with one attached hydrogen (secondary N) is 2. The number of carbonyl (C=O) groups excluding carboxylic acids is 2. The van der Waals surface area contributed by atoms with Gasteiger partial charge in [-0.25, -0.2) is 0 Å². The number of amides is 2. The zero-order chi connectivity index (χ0) is 16.4. The summed E-state index contributed by atoms with van der Waals surface area (Å²) in [6.07, 6.45) is 0. The molecule has 2 aromatic carbocycles. The van der Waals surface area contributed by atoms with E-state index in [-0.39, 0.29) is 11.8 Å². The van der Waals surface area contributed by atoms with E-state index in [1.165, 1.54) is 4.90 Å². The lowest BCUT2D eigenvalue weighted by atomic mass is 10.1. The molecule has 7 heteroatoms. The summed E-state index contributed by atoms with van der Waals surface area (Å²) < 4.78 is 0. The van der Waals surface area contributed by atoms with Gasteiger partial charge < -0.3 is 10.2 Å². The molecule has 3 aromatic rings. The molecule has 0 radical (unpaired) electrons. The molecule has 0 aliphatic rings. The third-order valence-corrected chi connectivity index (χ3v) is 3.40. The summed E-state index contributed by atoms with van der Waals surface area (Å²) in [4.78, 5) is 26.2. The van der Waals surface area contributed by atoms with E-state index in [0.29, 0.717) is 27.8 Å². The first kappa shape index (κ1) is 14.7. The Kier molecular flexibility index (Phi) is 3.76. The van der Waals surface area contributed by atoms with Crippen molar-refractivity contribution in [3.8, 4) is 0 Å². The summed E-state index contributed by atoms with van der Waals surface area (Å²) in [5, 5.41) is 13.2. The van der Waals surface area contributed by atoms with Gasteiger partial charge in [0, 0.05) is 14.1 Å². The number of benzene rings is 2. The summed E-state index contributed by atoms with van der Waals surface area (Å²) in [6, 6.07) is 12.0. The van der Waals surface area contributed by atoms with Crippen LogP contribution >= 0.6 is 0 Å². The summed E-state index contributed by atoms with van der Waals surface area (Å²) in [6.45, 7) is 0. The van der Waals surface area contributed by atoms with Crippen LogP contribution in [0.2, 0.25) is 0 Å². The predicted molar refractivity (Wildman–Crippen MR) is 86.3 cm³/mol. The molecule has 0 aliphatic carbocycles. The van der Waals surface area contributed by atoms with Gasteiger partial charge in [0.05, 0.1) is 16.8 Å². The highest BCUT2D eigenvalue weighted by molar-refractivity contribution is 6.13. The number of aromatic amines is 1. The third kappa shape index (κ3) is 2.76. The number of anilines is 1. The van der Waals surface area contributed by atoms with Gasteiger partial charge in [0.25, 0.3) is 11.8 Å². The van der Waals surface area contributed by atoms with E-state index in [4.69, 9.17) is 0 Å². The second kappa shape index (κ2) is 5.88. The van der Waals surface area contributed by atoms with Crippen molar-refractivity contribution in [1.29, 1.82) is 0 Å². The van der Waals surface area contributed by atoms with E-state index in [0.717, 1.165) is 0 Å². The fourth-order valence-electron chi connectivity index (χ4n) is 2.26. The van der Waals surface area contributed by atoms with Gasteiger partial charge in [0.15, 0.2) is 0 Å². The van der Waals surface area contributed by atoms with Gasteiger partial charge in [-0.2, -0.15) is 15.4 Å². The van der Waals surface area contributed by atoms with E-state index < -0.39 is 0 Å². The Balaban J connectivity index is 1.95. The van der Waals surface area contributed by atoms with Crippen LogP contribution in [0.5, 0.6) is 0 Å². The van der Waals surface area contributed by atoms with E-state index in [1.807, 2.05) is 0 Å². The maximum Gasteiger partial charge on any atom is 0.258 e. The van der Waals surface area contributed by atoms with Crippen molar-refractivity contribution in [2.45, 2.75) is 0 Å². The molecule has 116 valence electrons. The molecule has 3 rings (SSSR count). The number of hydrogen-bond acceptors (Lipinski definition) is 4. The molecule has 2 amide bonds. The van der Waals surface area contributed by atoms with Crippen LogP contribution in [0.3, 0.4) is 0 Å². The van der Waals surface area contributed by atoms with Crippen molar-refractivity contribution in [3.05, 3.63) is 53.6 Å². The van der Waals surface area contributed by atoms with Crippen LogP contribution in [-0.2, 0) is 0 Å². The highest BCUT2D eigenvalue weighted by atomic mass is 16.2. The lowest BCUT2D eigenvalue weighted by molar-refractivity contribution is 0.0828. The van der Waals surface area contributed by atoms with E-state index in [9.17, 15) is 9.59 Å². The molecule has 0 saturated carbocycles. The Morgan fingerprint density at radius 2 is 1.74 bits per heavy atom. The molecule has 23 heavy (non-hydrogen) atoms. The monoisotopic (exact) mass is 309 g/mol. The molecule has 0 bridgehead atoms. The van der Waals surface area contributed by atoms with Gasteiger partial charge in [-0.3, -0.25) is 9.59 Å². The third-order valence-electron chi connectivity index (χ3n) is 3.40. The summed E-state index contributed by atoms with van der Waals surface area (Å²) in [5.41, 5.74) is 2.37. The average molecular weight is 309 g/mol. The van der Waals surface area contributed by atoms with Crippen LogP contribution in [0, 0.1) is 0 Å². The molecule has 0 unspecified atom stereocenters. The number of fused-ring (bicyclic) bond motifs is 1. The molecule has 0 fully saturated rings. The van der Waals surface area contributed by atoms with Gasteiger partial charge in [0.2, 0.25) is 0 Å². The van der Waals surface area contributed by atoms with Crippen LogP contribution < -0.4 is 5.32 Å². The van der Waals surface area contributed by atoms with Crippen molar-refractivity contribution >= 4 is 28.5 Å². The van der Waals surface area contributed by atoms with Crippen molar-refractivity contribution in [3.63, 3.8) is 0 Å².